The summed E-state index contributed by atoms with van der Waals surface area (Å²) in [5.74, 6) is -0.346. The highest BCUT2D eigenvalue weighted by atomic mass is 19.1. The van der Waals surface area contributed by atoms with Gasteiger partial charge in [-0.3, -0.25) is 4.79 Å². The van der Waals surface area contributed by atoms with Gasteiger partial charge < -0.3 is 15.1 Å². The van der Waals surface area contributed by atoms with Gasteiger partial charge in [0.1, 0.15) is 12.0 Å². The van der Waals surface area contributed by atoms with Gasteiger partial charge in [0.2, 0.25) is 0 Å². The van der Waals surface area contributed by atoms with Gasteiger partial charge in [-0.15, -0.1) is 0 Å². The predicted molar refractivity (Wildman–Crippen MR) is 97.2 cm³/mol. The molecule has 2 N–H and O–H groups in total. The molecule has 1 aliphatic rings. The number of likely N-dealkylation sites (N-methyl/N-ethyl adjacent to an activating group) is 1. The largest absolute Gasteiger partial charge is 0.361 e. The molecule has 25 heavy (non-hydrogen) atoms. The van der Waals surface area contributed by atoms with E-state index in [0.29, 0.717) is 17.7 Å². The Labute approximate surface area is 148 Å². The highest BCUT2D eigenvalue weighted by Crippen LogP contribution is 2.33. The molecule has 132 valence electrons. The van der Waals surface area contributed by atoms with Crippen molar-refractivity contribution in [3.8, 4) is 0 Å². The monoisotopic (exact) mass is 342 g/mol. The third-order valence-electron chi connectivity index (χ3n) is 4.93. The maximum absolute atomic E-state index is 14.4. The van der Waals surface area contributed by atoms with E-state index in [9.17, 15) is 9.18 Å². The summed E-state index contributed by atoms with van der Waals surface area (Å²) < 4.78 is 14.4. The number of carbonyl (C=O) groups is 1. The van der Waals surface area contributed by atoms with Crippen LogP contribution in [0.2, 0.25) is 0 Å². The van der Waals surface area contributed by atoms with Crippen molar-refractivity contribution in [2.75, 3.05) is 31.5 Å². The standard InChI is InChI=1S/C20H24FN3O/c1-3-23(4-2)13-14-24-19(15-9-5-7-11-17(15)21)22-18-12-8-6-10-16(18)20(24)25/h5-12,19,22H,3-4,13-14H2,1-2H3/p+1/t19-/m0/s1. The Morgan fingerprint density at radius 3 is 2.48 bits per heavy atom. The number of fused-ring (bicyclic) bond motifs is 1. The van der Waals surface area contributed by atoms with Crippen LogP contribution in [0.4, 0.5) is 10.1 Å². The molecule has 0 fully saturated rings. The average molecular weight is 342 g/mol. The number of hydrogen-bond acceptors (Lipinski definition) is 2. The second-order valence-corrected chi connectivity index (χ2v) is 6.32. The van der Waals surface area contributed by atoms with Gasteiger partial charge >= 0.3 is 0 Å². The van der Waals surface area contributed by atoms with Crippen molar-refractivity contribution in [1.29, 1.82) is 0 Å². The number of nitrogens with one attached hydrogen (secondary N) is 2. The molecule has 0 aliphatic carbocycles. The molecule has 1 aliphatic heterocycles. The Morgan fingerprint density at radius 1 is 1.08 bits per heavy atom. The molecule has 0 unspecified atom stereocenters. The highest BCUT2D eigenvalue weighted by Gasteiger charge is 2.34. The second-order valence-electron chi connectivity index (χ2n) is 6.32. The highest BCUT2D eigenvalue weighted by molar-refractivity contribution is 6.01. The summed E-state index contributed by atoms with van der Waals surface area (Å²) in [7, 11) is 0. The van der Waals surface area contributed by atoms with E-state index in [1.165, 1.54) is 11.0 Å². The fourth-order valence-electron chi connectivity index (χ4n) is 3.35. The zero-order valence-corrected chi connectivity index (χ0v) is 14.8. The van der Waals surface area contributed by atoms with Crippen LogP contribution in [-0.2, 0) is 0 Å². The van der Waals surface area contributed by atoms with Gasteiger partial charge in [-0.05, 0) is 32.0 Å². The van der Waals surface area contributed by atoms with Gasteiger partial charge in [0, 0.05) is 11.3 Å². The number of quaternary nitrogens is 1. The number of anilines is 1. The minimum absolute atomic E-state index is 0.0471. The first-order valence-corrected chi connectivity index (χ1v) is 8.90. The van der Waals surface area contributed by atoms with E-state index >= 15 is 0 Å². The maximum Gasteiger partial charge on any atom is 0.258 e. The summed E-state index contributed by atoms with van der Waals surface area (Å²) in [5, 5.41) is 3.35. The molecular weight excluding hydrogens is 317 g/mol. The summed E-state index contributed by atoms with van der Waals surface area (Å²) in [6.45, 7) is 7.71. The summed E-state index contributed by atoms with van der Waals surface area (Å²) in [6.07, 6.45) is -0.487. The van der Waals surface area contributed by atoms with Crippen molar-refractivity contribution < 1.29 is 14.1 Å². The van der Waals surface area contributed by atoms with E-state index in [1.54, 1.807) is 23.1 Å². The molecule has 2 aromatic rings. The smallest absolute Gasteiger partial charge is 0.258 e. The van der Waals surface area contributed by atoms with Crippen molar-refractivity contribution in [1.82, 2.24) is 4.90 Å². The Hall–Kier alpha value is -2.40. The first kappa shape index (κ1) is 17.4. The van der Waals surface area contributed by atoms with E-state index < -0.39 is 6.17 Å². The summed E-state index contributed by atoms with van der Waals surface area (Å²) in [5.41, 5.74) is 1.90. The molecule has 1 atom stereocenters. The molecule has 1 amide bonds. The Balaban J connectivity index is 1.95. The lowest BCUT2D eigenvalue weighted by atomic mass is 10.0. The Morgan fingerprint density at radius 2 is 1.76 bits per heavy atom. The molecule has 0 bridgehead atoms. The van der Waals surface area contributed by atoms with Gasteiger partial charge in [0.05, 0.1) is 31.7 Å². The van der Waals surface area contributed by atoms with Crippen LogP contribution in [0.1, 0.15) is 35.9 Å². The quantitative estimate of drug-likeness (QED) is 0.845. The maximum atomic E-state index is 14.4. The van der Waals surface area contributed by atoms with E-state index in [0.717, 1.165) is 25.3 Å². The van der Waals surface area contributed by atoms with Crippen molar-refractivity contribution >= 4 is 11.6 Å². The molecule has 0 radical (unpaired) electrons. The van der Waals surface area contributed by atoms with Crippen LogP contribution in [-0.4, -0.2) is 37.0 Å². The fraction of sp³-hybridized carbons (Fsp3) is 0.350. The van der Waals surface area contributed by atoms with E-state index in [-0.39, 0.29) is 11.7 Å². The predicted octanol–water partition coefficient (Wildman–Crippen LogP) is 2.32. The summed E-state index contributed by atoms with van der Waals surface area (Å²) in [4.78, 5) is 16.2. The Kier molecular flexibility index (Phi) is 5.34. The van der Waals surface area contributed by atoms with Crippen LogP contribution in [0.5, 0.6) is 0 Å². The van der Waals surface area contributed by atoms with Crippen LogP contribution < -0.4 is 10.2 Å². The van der Waals surface area contributed by atoms with Gasteiger partial charge in [-0.1, -0.05) is 30.3 Å². The zero-order valence-electron chi connectivity index (χ0n) is 14.8. The molecule has 0 saturated heterocycles. The SMILES string of the molecule is CC[NH+](CC)CCN1C(=O)c2ccccc2N[C@@H]1c1ccccc1F. The third kappa shape index (κ3) is 3.51. The minimum atomic E-state index is -0.487. The van der Waals surface area contributed by atoms with Crippen molar-refractivity contribution in [3.63, 3.8) is 0 Å². The lowest BCUT2D eigenvalue weighted by Gasteiger charge is -2.38. The number of rotatable bonds is 6. The third-order valence-corrected chi connectivity index (χ3v) is 4.93. The number of carbonyl (C=O) groups excluding carboxylic acids is 1. The summed E-state index contributed by atoms with van der Waals surface area (Å²) in [6, 6.07) is 14.1. The number of hydrogen-bond donors (Lipinski definition) is 2. The van der Waals surface area contributed by atoms with E-state index in [2.05, 4.69) is 19.2 Å². The molecule has 3 rings (SSSR count). The molecule has 4 nitrogen and oxygen atoms in total. The second kappa shape index (κ2) is 7.66. The Bertz CT molecular complexity index is 745. The van der Waals surface area contributed by atoms with Gasteiger partial charge in [-0.25, -0.2) is 4.39 Å². The molecule has 0 aromatic heterocycles. The number of benzene rings is 2. The normalized spacial score (nSPS) is 16.7. The molecule has 1 heterocycles. The van der Waals surface area contributed by atoms with Crippen molar-refractivity contribution in [2.45, 2.75) is 20.0 Å². The lowest BCUT2D eigenvalue weighted by molar-refractivity contribution is -0.895. The van der Waals surface area contributed by atoms with Gasteiger partial charge in [-0.2, -0.15) is 0 Å². The summed E-state index contributed by atoms with van der Waals surface area (Å²) >= 11 is 0. The van der Waals surface area contributed by atoms with Crippen LogP contribution in [0.15, 0.2) is 48.5 Å². The van der Waals surface area contributed by atoms with Crippen LogP contribution in [0, 0.1) is 5.82 Å². The number of amides is 1. The van der Waals surface area contributed by atoms with Crippen molar-refractivity contribution in [2.24, 2.45) is 0 Å². The molecular formula is C20H25FN3O+. The molecule has 5 heteroatoms. The topological polar surface area (TPSA) is 36.8 Å². The van der Waals surface area contributed by atoms with Crippen LogP contribution >= 0.6 is 0 Å². The first-order valence-electron chi connectivity index (χ1n) is 8.90. The number of nitrogens with zero attached hydrogens (tertiary/aromatic N) is 1. The molecule has 2 aromatic carbocycles. The minimum Gasteiger partial charge on any atom is -0.361 e. The van der Waals surface area contributed by atoms with E-state index in [1.807, 2.05) is 24.3 Å². The first-order chi connectivity index (χ1) is 12.2. The number of halogens is 1. The zero-order chi connectivity index (χ0) is 17.8. The van der Waals surface area contributed by atoms with Gasteiger partial charge in [0.25, 0.3) is 5.91 Å². The fourth-order valence-corrected chi connectivity index (χ4v) is 3.35. The average Bonchev–Trinajstić information content (AvgIpc) is 2.64. The van der Waals surface area contributed by atoms with Crippen LogP contribution in [0.25, 0.3) is 0 Å². The van der Waals surface area contributed by atoms with E-state index in [4.69, 9.17) is 0 Å². The van der Waals surface area contributed by atoms with Crippen LogP contribution in [0.3, 0.4) is 0 Å². The van der Waals surface area contributed by atoms with Gasteiger partial charge in [0.15, 0.2) is 0 Å². The molecule has 0 spiro atoms. The molecule has 0 saturated carbocycles. The van der Waals surface area contributed by atoms with Crippen molar-refractivity contribution in [3.05, 3.63) is 65.5 Å². The lowest BCUT2D eigenvalue weighted by Crippen LogP contribution is -3.12. The number of para-hydroxylation sites is 1.